The van der Waals surface area contributed by atoms with Crippen LogP contribution < -0.4 is 10.6 Å². The van der Waals surface area contributed by atoms with E-state index in [1.165, 1.54) is 0 Å². The third kappa shape index (κ3) is 4.18. The van der Waals surface area contributed by atoms with Crippen molar-refractivity contribution >= 4 is 22.9 Å². The Hall–Kier alpha value is -2.63. The van der Waals surface area contributed by atoms with Crippen molar-refractivity contribution in [2.45, 2.75) is 26.4 Å². The van der Waals surface area contributed by atoms with E-state index in [0.29, 0.717) is 6.54 Å². The second-order valence-electron chi connectivity index (χ2n) is 4.83. The van der Waals surface area contributed by atoms with Crippen LogP contribution in [0.2, 0.25) is 0 Å². The number of hydrogen-bond donors (Lipinski definition) is 2. The van der Waals surface area contributed by atoms with Gasteiger partial charge in [0.15, 0.2) is 0 Å². The maximum Gasteiger partial charge on any atom is 0.328 e. The first-order valence-electron chi connectivity index (χ1n) is 7.15. The zero-order chi connectivity index (χ0) is 15.9. The van der Waals surface area contributed by atoms with Gasteiger partial charge in [-0.3, -0.25) is 4.98 Å². The molecule has 0 aliphatic carbocycles. The van der Waals surface area contributed by atoms with E-state index in [1.807, 2.05) is 30.3 Å². The van der Waals surface area contributed by atoms with Crippen molar-refractivity contribution in [1.29, 1.82) is 0 Å². The molecule has 22 heavy (non-hydrogen) atoms. The zero-order valence-corrected chi connectivity index (χ0v) is 12.6. The Balaban J connectivity index is 1.88. The molecule has 0 fully saturated rings. The van der Waals surface area contributed by atoms with Gasteiger partial charge in [-0.25, -0.2) is 9.59 Å². The van der Waals surface area contributed by atoms with E-state index in [2.05, 4.69) is 15.6 Å². The van der Waals surface area contributed by atoms with Gasteiger partial charge in [0, 0.05) is 18.1 Å². The van der Waals surface area contributed by atoms with Crippen molar-refractivity contribution in [3.63, 3.8) is 0 Å². The Morgan fingerprint density at radius 2 is 2.14 bits per heavy atom. The average molecular weight is 301 g/mol. The van der Waals surface area contributed by atoms with Crippen LogP contribution in [0.5, 0.6) is 0 Å². The van der Waals surface area contributed by atoms with E-state index in [0.717, 1.165) is 16.5 Å². The first kappa shape index (κ1) is 15.8. The fraction of sp³-hybridized carbons (Fsp3) is 0.312. The van der Waals surface area contributed by atoms with E-state index >= 15 is 0 Å². The molecule has 0 spiro atoms. The highest BCUT2D eigenvalue weighted by Crippen LogP contribution is 2.12. The quantitative estimate of drug-likeness (QED) is 0.828. The molecule has 1 heterocycles. The van der Waals surface area contributed by atoms with Gasteiger partial charge in [0.25, 0.3) is 0 Å². The molecule has 6 nitrogen and oxygen atoms in total. The topological polar surface area (TPSA) is 80.3 Å². The lowest BCUT2D eigenvalue weighted by Crippen LogP contribution is -2.44. The van der Waals surface area contributed by atoms with Crippen molar-refractivity contribution in [1.82, 2.24) is 15.6 Å². The van der Waals surface area contributed by atoms with E-state index in [9.17, 15) is 9.59 Å². The third-order valence-corrected chi connectivity index (χ3v) is 3.11. The monoisotopic (exact) mass is 301 g/mol. The van der Waals surface area contributed by atoms with Crippen LogP contribution in [0.15, 0.2) is 36.5 Å². The number of rotatable bonds is 5. The summed E-state index contributed by atoms with van der Waals surface area (Å²) in [4.78, 5) is 27.4. The second-order valence-corrected chi connectivity index (χ2v) is 4.83. The molecule has 1 aromatic heterocycles. The molecule has 2 N–H and O–H groups in total. The number of esters is 1. The van der Waals surface area contributed by atoms with Crippen LogP contribution in [-0.2, 0) is 16.1 Å². The molecule has 0 saturated heterocycles. The highest BCUT2D eigenvalue weighted by atomic mass is 16.5. The molecule has 1 atom stereocenters. The summed E-state index contributed by atoms with van der Waals surface area (Å²) in [6.45, 7) is 3.96. The molecule has 2 aromatic rings. The SMILES string of the molecule is CCOC(=O)C(C)NC(=O)NCc1ccc2ncccc2c1. The summed E-state index contributed by atoms with van der Waals surface area (Å²) in [5, 5.41) is 6.26. The number of amides is 2. The van der Waals surface area contributed by atoms with Crippen molar-refractivity contribution in [2.24, 2.45) is 0 Å². The average Bonchev–Trinajstić information content (AvgIpc) is 2.53. The van der Waals surface area contributed by atoms with Gasteiger partial charge in [-0.2, -0.15) is 0 Å². The van der Waals surface area contributed by atoms with Crippen molar-refractivity contribution in [3.05, 3.63) is 42.1 Å². The molecule has 0 radical (unpaired) electrons. The third-order valence-electron chi connectivity index (χ3n) is 3.11. The Morgan fingerprint density at radius 3 is 2.91 bits per heavy atom. The van der Waals surface area contributed by atoms with E-state index in [1.54, 1.807) is 20.0 Å². The molecular formula is C16H19N3O3. The Morgan fingerprint density at radius 1 is 1.32 bits per heavy atom. The lowest BCUT2D eigenvalue weighted by atomic mass is 10.1. The summed E-state index contributed by atoms with van der Waals surface area (Å²) in [7, 11) is 0. The highest BCUT2D eigenvalue weighted by Gasteiger charge is 2.15. The number of urea groups is 1. The predicted octanol–water partition coefficient (Wildman–Crippen LogP) is 1.99. The van der Waals surface area contributed by atoms with Crippen molar-refractivity contribution in [3.8, 4) is 0 Å². The summed E-state index contributed by atoms with van der Waals surface area (Å²) in [5.74, 6) is -0.450. The van der Waals surface area contributed by atoms with E-state index in [4.69, 9.17) is 4.74 Å². The number of carbonyl (C=O) groups excluding carboxylic acids is 2. The van der Waals surface area contributed by atoms with Crippen LogP contribution in [0.25, 0.3) is 10.9 Å². The molecule has 0 aliphatic rings. The Bertz CT molecular complexity index is 672. The van der Waals surface area contributed by atoms with Gasteiger partial charge in [-0.1, -0.05) is 12.1 Å². The van der Waals surface area contributed by atoms with Gasteiger partial charge in [0.1, 0.15) is 6.04 Å². The summed E-state index contributed by atoms with van der Waals surface area (Å²) >= 11 is 0. The molecule has 2 rings (SSSR count). The summed E-state index contributed by atoms with van der Waals surface area (Å²) in [6, 6.07) is 8.53. The normalized spacial score (nSPS) is 11.7. The fourth-order valence-electron chi connectivity index (χ4n) is 1.99. The van der Waals surface area contributed by atoms with Crippen LogP contribution >= 0.6 is 0 Å². The lowest BCUT2D eigenvalue weighted by molar-refractivity contribution is -0.144. The standard InChI is InChI=1S/C16H19N3O3/c1-3-22-15(20)11(2)19-16(21)18-10-12-6-7-14-13(9-12)5-4-8-17-14/h4-9,11H,3,10H2,1-2H3,(H2,18,19,21). The van der Waals surface area contributed by atoms with E-state index < -0.39 is 18.0 Å². The Labute approximate surface area is 128 Å². The van der Waals surface area contributed by atoms with Gasteiger partial charge in [0.2, 0.25) is 0 Å². The number of pyridine rings is 1. The Kier molecular flexibility index (Phi) is 5.30. The first-order valence-corrected chi connectivity index (χ1v) is 7.15. The molecular weight excluding hydrogens is 282 g/mol. The molecule has 0 aliphatic heterocycles. The number of aromatic nitrogens is 1. The van der Waals surface area contributed by atoms with Gasteiger partial charge < -0.3 is 15.4 Å². The van der Waals surface area contributed by atoms with Crippen LogP contribution in [0.1, 0.15) is 19.4 Å². The van der Waals surface area contributed by atoms with Crippen LogP contribution in [0.4, 0.5) is 4.79 Å². The molecule has 1 unspecified atom stereocenters. The van der Waals surface area contributed by atoms with Gasteiger partial charge in [-0.05, 0) is 37.6 Å². The van der Waals surface area contributed by atoms with Gasteiger partial charge >= 0.3 is 12.0 Å². The van der Waals surface area contributed by atoms with Gasteiger partial charge in [0.05, 0.1) is 12.1 Å². The van der Waals surface area contributed by atoms with Crippen LogP contribution in [0, 0.1) is 0 Å². The minimum absolute atomic E-state index is 0.289. The number of hydrogen-bond acceptors (Lipinski definition) is 4. The van der Waals surface area contributed by atoms with Gasteiger partial charge in [-0.15, -0.1) is 0 Å². The van der Waals surface area contributed by atoms with Crippen LogP contribution in [-0.4, -0.2) is 29.6 Å². The molecule has 6 heteroatoms. The van der Waals surface area contributed by atoms with Crippen LogP contribution in [0.3, 0.4) is 0 Å². The number of nitrogens with one attached hydrogen (secondary N) is 2. The molecule has 116 valence electrons. The van der Waals surface area contributed by atoms with Crippen molar-refractivity contribution < 1.29 is 14.3 Å². The maximum atomic E-state index is 11.8. The maximum absolute atomic E-state index is 11.8. The number of fused-ring (bicyclic) bond motifs is 1. The van der Waals surface area contributed by atoms with E-state index in [-0.39, 0.29) is 6.61 Å². The van der Waals surface area contributed by atoms with Crippen molar-refractivity contribution in [2.75, 3.05) is 6.61 Å². The minimum Gasteiger partial charge on any atom is -0.464 e. The molecule has 0 saturated carbocycles. The first-order chi connectivity index (χ1) is 10.6. The summed E-state index contributed by atoms with van der Waals surface area (Å²) in [6.07, 6.45) is 1.74. The number of nitrogens with zero attached hydrogens (tertiary/aromatic N) is 1. The molecule has 2 amide bonds. The number of ether oxygens (including phenoxy) is 1. The summed E-state index contributed by atoms with van der Waals surface area (Å²) < 4.78 is 4.83. The number of carbonyl (C=O) groups is 2. The largest absolute Gasteiger partial charge is 0.464 e. The second kappa shape index (κ2) is 7.40. The highest BCUT2D eigenvalue weighted by molar-refractivity contribution is 5.83. The lowest BCUT2D eigenvalue weighted by Gasteiger charge is -2.13. The fourth-order valence-corrected chi connectivity index (χ4v) is 1.99. The summed E-state index contributed by atoms with van der Waals surface area (Å²) in [5.41, 5.74) is 1.87. The molecule has 0 bridgehead atoms. The predicted molar refractivity (Wildman–Crippen MR) is 83.2 cm³/mol. The molecule has 1 aromatic carbocycles. The zero-order valence-electron chi connectivity index (χ0n) is 12.6. The number of benzene rings is 1. The smallest absolute Gasteiger partial charge is 0.328 e. The minimum atomic E-state index is -0.680.